The molecule has 1 fully saturated rings. The third kappa shape index (κ3) is 4.63. The van der Waals surface area contributed by atoms with Crippen molar-refractivity contribution in [3.05, 3.63) is 17.0 Å². The maximum absolute atomic E-state index is 12.2. The first kappa shape index (κ1) is 20.2. The highest BCUT2D eigenvalue weighted by molar-refractivity contribution is 5.94. The number of nitrogens with zero attached hydrogens (tertiary/aromatic N) is 3. The van der Waals surface area contributed by atoms with E-state index in [-0.39, 0.29) is 23.9 Å². The lowest BCUT2D eigenvalue weighted by Gasteiger charge is -2.26. The van der Waals surface area contributed by atoms with Crippen LogP contribution in [0.4, 0.5) is 4.79 Å². The molecule has 0 saturated heterocycles. The van der Waals surface area contributed by atoms with Crippen LogP contribution in [-0.4, -0.2) is 58.7 Å². The van der Waals surface area contributed by atoms with Crippen LogP contribution in [-0.2, 0) is 24.3 Å². The molecule has 154 valence electrons. The lowest BCUT2D eigenvalue weighted by molar-refractivity contribution is -0.129. The average molecular weight is 390 g/mol. The number of rotatable bonds is 5. The number of hydrogen-bond acceptors (Lipinski definition) is 4. The van der Waals surface area contributed by atoms with E-state index >= 15 is 0 Å². The Balaban J connectivity index is 1.61. The molecule has 1 aliphatic heterocycles. The van der Waals surface area contributed by atoms with E-state index in [0.717, 1.165) is 24.1 Å². The summed E-state index contributed by atoms with van der Waals surface area (Å²) in [4.78, 5) is 37.8. The molecule has 2 heterocycles. The summed E-state index contributed by atoms with van der Waals surface area (Å²) in [5.41, 5.74) is 2.12. The molecule has 3 N–H and O–H groups in total. The summed E-state index contributed by atoms with van der Waals surface area (Å²) in [6.45, 7) is 3.44. The van der Waals surface area contributed by atoms with Crippen molar-refractivity contribution >= 4 is 17.8 Å². The molecule has 1 saturated carbocycles. The van der Waals surface area contributed by atoms with Crippen LogP contribution in [0.2, 0.25) is 0 Å². The Kier molecular flexibility index (Phi) is 6.53. The molecule has 28 heavy (non-hydrogen) atoms. The van der Waals surface area contributed by atoms with E-state index in [1.54, 1.807) is 16.6 Å². The Labute approximate surface area is 165 Å². The molecule has 0 radical (unpaired) electrons. The average Bonchev–Trinajstić information content (AvgIpc) is 3.06. The molecule has 1 aliphatic carbocycles. The Morgan fingerprint density at radius 1 is 1.18 bits per heavy atom. The van der Waals surface area contributed by atoms with Crippen molar-refractivity contribution in [3.8, 4) is 0 Å². The minimum Gasteiger partial charge on any atom is -0.354 e. The van der Waals surface area contributed by atoms with Gasteiger partial charge in [0.15, 0.2) is 5.69 Å². The molecule has 3 rings (SSSR count). The fraction of sp³-hybridized carbons (Fsp3) is 0.684. The van der Waals surface area contributed by atoms with E-state index in [9.17, 15) is 14.4 Å². The van der Waals surface area contributed by atoms with Crippen molar-refractivity contribution in [3.63, 3.8) is 0 Å². The summed E-state index contributed by atoms with van der Waals surface area (Å²) in [7, 11) is 1.57. The molecule has 0 spiro atoms. The number of amides is 4. The van der Waals surface area contributed by atoms with Crippen LogP contribution in [0.1, 0.15) is 60.8 Å². The third-order valence-electron chi connectivity index (χ3n) is 5.57. The second kappa shape index (κ2) is 9.07. The maximum Gasteiger partial charge on any atom is 0.315 e. The Bertz CT molecular complexity index is 738. The lowest BCUT2D eigenvalue weighted by Crippen LogP contribution is -2.43. The second-order valence-corrected chi connectivity index (χ2v) is 7.50. The number of nitrogens with one attached hydrogen (secondary N) is 3. The fourth-order valence-electron chi connectivity index (χ4n) is 4.00. The highest BCUT2D eigenvalue weighted by Gasteiger charge is 2.28. The standard InChI is InChI=1S/C19H30N6O3/c1-13(26)24-10-8-16-15(12-24)17(18(27)20-2)23-25(16)11-9-21-19(28)22-14-6-4-3-5-7-14/h14H,3-12H2,1-2H3,(H,20,27)(H2,21,22,28). The number of carbonyl (C=O) groups is 3. The molecule has 0 bridgehead atoms. The van der Waals surface area contributed by atoms with Gasteiger partial charge >= 0.3 is 6.03 Å². The van der Waals surface area contributed by atoms with Crippen LogP contribution in [0.15, 0.2) is 0 Å². The molecule has 9 heteroatoms. The molecule has 9 nitrogen and oxygen atoms in total. The number of carbonyl (C=O) groups excluding carboxylic acids is 3. The van der Waals surface area contributed by atoms with Crippen LogP contribution in [0, 0.1) is 0 Å². The SMILES string of the molecule is CNC(=O)c1nn(CCNC(=O)NC2CCCCC2)c2c1CN(C(C)=O)CC2. The van der Waals surface area contributed by atoms with Crippen molar-refractivity contribution in [2.75, 3.05) is 20.1 Å². The van der Waals surface area contributed by atoms with Gasteiger partial charge in [-0.3, -0.25) is 14.3 Å². The fourth-order valence-corrected chi connectivity index (χ4v) is 4.00. The summed E-state index contributed by atoms with van der Waals surface area (Å²) in [6.07, 6.45) is 6.32. The third-order valence-corrected chi connectivity index (χ3v) is 5.57. The lowest BCUT2D eigenvalue weighted by atomic mass is 9.96. The van der Waals surface area contributed by atoms with Crippen molar-refractivity contribution in [1.82, 2.24) is 30.6 Å². The van der Waals surface area contributed by atoms with Crippen LogP contribution < -0.4 is 16.0 Å². The maximum atomic E-state index is 12.2. The zero-order valence-corrected chi connectivity index (χ0v) is 16.7. The first-order chi connectivity index (χ1) is 13.5. The zero-order valence-electron chi connectivity index (χ0n) is 16.7. The molecule has 4 amide bonds. The number of aromatic nitrogens is 2. The Morgan fingerprint density at radius 3 is 2.61 bits per heavy atom. The highest BCUT2D eigenvalue weighted by atomic mass is 16.2. The number of hydrogen-bond donors (Lipinski definition) is 3. The Morgan fingerprint density at radius 2 is 1.93 bits per heavy atom. The second-order valence-electron chi connectivity index (χ2n) is 7.50. The van der Waals surface area contributed by atoms with Gasteiger partial charge in [0, 0.05) is 57.3 Å². The van der Waals surface area contributed by atoms with Crippen LogP contribution in [0.3, 0.4) is 0 Å². The molecular formula is C19H30N6O3. The molecular weight excluding hydrogens is 360 g/mol. The Hall–Kier alpha value is -2.58. The molecule has 0 aromatic carbocycles. The van der Waals surface area contributed by atoms with E-state index < -0.39 is 0 Å². The zero-order chi connectivity index (χ0) is 20.1. The van der Waals surface area contributed by atoms with E-state index in [2.05, 4.69) is 21.0 Å². The van der Waals surface area contributed by atoms with Crippen molar-refractivity contribution in [1.29, 1.82) is 0 Å². The van der Waals surface area contributed by atoms with Gasteiger partial charge in [-0.25, -0.2) is 4.79 Å². The normalized spacial score (nSPS) is 17.0. The van der Waals surface area contributed by atoms with Crippen molar-refractivity contribution < 1.29 is 14.4 Å². The molecule has 1 aromatic heterocycles. The molecule has 2 aliphatic rings. The topological polar surface area (TPSA) is 108 Å². The highest BCUT2D eigenvalue weighted by Crippen LogP contribution is 2.23. The minimum absolute atomic E-state index is 0.0118. The van der Waals surface area contributed by atoms with Gasteiger partial charge in [0.25, 0.3) is 5.91 Å². The first-order valence-corrected chi connectivity index (χ1v) is 10.1. The largest absolute Gasteiger partial charge is 0.354 e. The van der Waals surface area contributed by atoms with Crippen LogP contribution in [0.25, 0.3) is 0 Å². The molecule has 0 unspecified atom stereocenters. The van der Waals surface area contributed by atoms with E-state index in [1.165, 1.54) is 26.2 Å². The van der Waals surface area contributed by atoms with Crippen molar-refractivity contribution in [2.45, 2.75) is 64.6 Å². The van der Waals surface area contributed by atoms with E-state index in [0.29, 0.717) is 38.3 Å². The monoisotopic (exact) mass is 390 g/mol. The van der Waals surface area contributed by atoms with Gasteiger partial charge in [0.1, 0.15) is 0 Å². The van der Waals surface area contributed by atoms with Crippen molar-refractivity contribution in [2.24, 2.45) is 0 Å². The molecule has 0 atom stereocenters. The minimum atomic E-state index is -0.261. The first-order valence-electron chi connectivity index (χ1n) is 10.1. The van der Waals surface area contributed by atoms with E-state index in [1.807, 2.05) is 0 Å². The molecule has 1 aromatic rings. The summed E-state index contributed by atoms with van der Waals surface area (Å²) in [6, 6.07) is 0.117. The van der Waals surface area contributed by atoms with Gasteiger partial charge in [-0.1, -0.05) is 19.3 Å². The number of fused-ring (bicyclic) bond motifs is 1. The van der Waals surface area contributed by atoms with Gasteiger partial charge in [-0.15, -0.1) is 0 Å². The predicted octanol–water partition coefficient (Wildman–Crippen LogP) is 0.779. The van der Waals surface area contributed by atoms with Crippen LogP contribution in [0.5, 0.6) is 0 Å². The summed E-state index contributed by atoms with van der Waals surface area (Å²) in [5, 5.41) is 13.0. The van der Waals surface area contributed by atoms with Gasteiger partial charge in [-0.05, 0) is 12.8 Å². The number of urea groups is 1. The quantitative estimate of drug-likeness (QED) is 0.690. The van der Waals surface area contributed by atoms with Gasteiger partial charge in [0.05, 0.1) is 6.54 Å². The van der Waals surface area contributed by atoms with E-state index in [4.69, 9.17) is 0 Å². The summed E-state index contributed by atoms with van der Waals surface area (Å²) < 4.78 is 1.79. The van der Waals surface area contributed by atoms with Gasteiger partial charge < -0.3 is 20.9 Å². The van der Waals surface area contributed by atoms with Gasteiger partial charge in [0.2, 0.25) is 5.91 Å². The van der Waals surface area contributed by atoms with Crippen LogP contribution >= 0.6 is 0 Å². The predicted molar refractivity (Wildman–Crippen MR) is 104 cm³/mol. The smallest absolute Gasteiger partial charge is 0.315 e. The summed E-state index contributed by atoms with van der Waals surface area (Å²) in [5.74, 6) is -0.272. The summed E-state index contributed by atoms with van der Waals surface area (Å²) >= 11 is 0. The van der Waals surface area contributed by atoms with Gasteiger partial charge in [-0.2, -0.15) is 5.10 Å².